The molecule has 0 fully saturated rings. The van der Waals surface area contributed by atoms with Crippen molar-refractivity contribution >= 4 is 10.0 Å². The van der Waals surface area contributed by atoms with Crippen LogP contribution in [0.4, 0.5) is 0 Å². The highest BCUT2D eigenvalue weighted by atomic mass is 32.2. The molecule has 0 radical (unpaired) electrons. The van der Waals surface area contributed by atoms with Gasteiger partial charge in [0.15, 0.2) is 0 Å². The van der Waals surface area contributed by atoms with Gasteiger partial charge in [0.25, 0.3) is 0 Å². The van der Waals surface area contributed by atoms with Crippen LogP contribution in [0.25, 0.3) is 0 Å². The summed E-state index contributed by atoms with van der Waals surface area (Å²) in [5.74, 6) is 0. The van der Waals surface area contributed by atoms with Crippen LogP contribution in [0.5, 0.6) is 0 Å². The Morgan fingerprint density at radius 2 is 2.05 bits per heavy atom. The van der Waals surface area contributed by atoms with Gasteiger partial charge in [-0.1, -0.05) is 0 Å². The fourth-order valence-corrected chi connectivity index (χ4v) is 2.89. The highest BCUT2D eigenvalue weighted by Gasteiger charge is 2.18. The predicted octanol–water partition coefficient (Wildman–Crippen LogP) is 0.503. The number of ether oxygens (including phenoxy) is 2. The molecule has 8 heteroatoms. The predicted molar refractivity (Wildman–Crippen MR) is 78.6 cm³/mol. The molecule has 2 N–H and O–H groups in total. The van der Waals surface area contributed by atoms with E-state index < -0.39 is 10.0 Å². The van der Waals surface area contributed by atoms with Crippen molar-refractivity contribution in [2.24, 2.45) is 0 Å². The van der Waals surface area contributed by atoms with E-state index in [4.69, 9.17) is 9.47 Å². The first-order valence-electron chi connectivity index (χ1n) is 6.80. The molecule has 122 valence electrons. The van der Waals surface area contributed by atoms with Crippen LogP contribution in [-0.4, -0.2) is 51.6 Å². The van der Waals surface area contributed by atoms with Crippen molar-refractivity contribution in [3.63, 3.8) is 0 Å². The van der Waals surface area contributed by atoms with Crippen LogP contribution in [0, 0.1) is 0 Å². The van der Waals surface area contributed by atoms with E-state index >= 15 is 0 Å². The first-order valence-corrected chi connectivity index (χ1v) is 8.28. The van der Waals surface area contributed by atoms with E-state index in [9.17, 15) is 13.5 Å². The molecule has 0 bridgehead atoms. The Bertz CT molecular complexity index is 525. The van der Waals surface area contributed by atoms with Gasteiger partial charge in [0.2, 0.25) is 10.0 Å². The van der Waals surface area contributed by atoms with Gasteiger partial charge >= 0.3 is 0 Å². The fraction of sp³-hybridized carbons (Fsp3) is 0.692. The van der Waals surface area contributed by atoms with Gasteiger partial charge in [0.1, 0.15) is 0 Å². The molecule has 0 aliphatic heterocycles. The van der Waals surface area contributed by atoms with Gasteiger partial charge in [-0.05, 0) is 19.9 Å². The van der Waals surface area contributed by atoms with Gasteiger partial charge < -0.3 is 19.1 Å². The second-order valence-corrected chi connectivity index (χ2v) is 6.60. The fourth-order valence-electron chi connectivity index (χ4n) is 1.83. The lowest BCUT2D eigenvalue weighted by Crippen LogP contribution is -2.27. The topological polar surface area (TPSA) is 89.8 Å². The Balaban J connectivity index is 2.62. The Hall–Kier alpha value is -0.930. The molecule has 0 saturated heterocycles. The SMILES string of the molecule is COCCOCCNS(=O)(=O)c1cc(CO)n(C(C)C)c1. The van der Waals surface area contributed by atoms with Crippen LogP contribution < -0.4 is 4.72 Å². The van der Waals surface area contributed by atoms with E-state index in [1.807, 2.05) is 13.8 Å². The number of aliphatic hydroxyl groups excluding tert-OH is 1. The van der Waals surface area contributed by atoms with Crippen molar-refractivity contribution in [2.45, 2.75) is 31.4 Å². The number of nitrogens with zero attached hydrogens (tertiary/aromatic N) is 1. The highest BCUT2D eigenvalue weighted by Crippen LogP contribution is 2.18. The molecule has 1 aromatic rings. The quantitative estimate of drug-likeness (QED) is 0.613. The van der Waals surface area contributed by atoms with Crippen molar-refractivity contribution in [1.29, 1.82) is 0 Å². The Morgan fingerprint density at radius 1 is 1.33 bits per heavy atom. The maximum atomic E-state index is 12.1. The van der Waals surface area contributed by atoms with E-state index in [0.717, 1.165) is 0 Å². The number of aromatic nitrogens is 1. The molecule has 0 aromatic carbocycles. The molecule has 0 aliphatic rings. The molecular weight excluding hydrogens is 296 g/mol. The Labute approximate surface area is 125 Å². The summed E-state index contributed by atoms with van der Waals surface area (Å²) in [6.45, 7) is 5.02. The maximum Gasteiger partial charge on any atom is 0.242 e. The number of aliphatic hydroxyl groups is 1. The van der Waals surface area contributed by atoms with Crippen LogP contribution in [0.3, 0.4) is 0 Å². The monoisotopic (exact) mass is 320 g/mol. The third kappa shape index (κ3) is 5.40. The van der Waals surface area contributed by atoms with Gasteiger partial charge in [-0.3, -0.25) is 0 Å². The third-order valence-corrected chi connectivity index (χ3v) is 4.33. The smallest absolute Gasteiger partial charge is 0.242 e. The molecule has 0 aliphatic carbocycles. The number of sulfonamides is 1. The molecule has 1 heterocycles. The molecule has 1 aromatic heterocycles. The van der Waals surface area contributed by atoms with Crippen molar-refractivity contribution in [1.82, 2.24) is 9.29 Å². The Morgan fingerprint density at radius 3 is 2.57 bits per heavy atom. The van der Waals surface area contributed by atoms with E-state index in [-0.39, 0.29) is 30.7 Å². The minimum Gasteiger partial charge on any atom is -0.390 e. The minimum absolute atomic E-state index is 0.0773. The molecule has 0 spiro atoms. The van der Waals surface area contributed by atoms with Gasteiger partial charge in [-0.2, -0.15) is 0 Å². The molecule has 0 atom stereocenters. The highest BCUT2D eigenvalue weighted by molar-refractivity contribution is 7.89. The van der Waals surface area contributed by atoms with E-state index in [0.29, 0.717) is 18.9 Å². The summed E-state index contributed by atoms with van der Waals surface area (Å²) >= 11 is 0. The van der Waals surface area contributed by atoms with Crippen LogP contribution in [-0.2, 0) is 26.1 Å². The zero-order chi connectivity index (χ0) is 15.9. The lowest BCUT2D eigenvalue weighted by Gasteiger charge is -2.10. The molecular formula is C13H24N2O5S. The average molecular weight is 320 g/mol. The molecule has 1 rings (SSSR count). The second-order valence-electron chi connectivity index (χ2n) is 4.83. The standard InChI is InChI=1S/C13H24N2O5S/c1-11(2)15-9-13(8-12(15)10-16)21(17,18)14-4-5-20-7-6-19-3/h8-9,11,14,16H,4-7,10H2,1-3H3. The summed E-state index contributed by atoms with van der Waals surface area (Å²) in [6, 6.07) is 1.56. The van der Waals surface area contributed by atoms with Crippen LogP contribution in [0.2, 0.25) is 0 Å². The second kappa shape index (κ2) is 8.50. The summed E-state index contributed by atoms with van der Waals surface area (Å²) in [7, 11) is -2.02. The molecule has 0 amide bonds. The van der Waals surface area contributed by atoms with Crippen molar-refractivity contribution in [3.8, 4) is 0 Å². The summed E-state index contributed by atoms with van der Waals surface area (Å²) in [6.07, 6.45) is 1.53. The first-order chi connectivity index (χ1) is 9.92. The van der Waals surface area contributed by atoms with Crippen LogP contribution in [0.1, 0.15) is 25.6 Å². The van der Waals surface area contributed by atoms with Gasteiger partial charge in [-0.15, -0.1) is 0 Å². The molecule has 0 unspecified atom stereocenters. The summed E-state index contributed by atoms with van der Waals surface area (Å²) < 4.78 is 38.5. The third-order valence-electron chi connectivity index (χ3n) is 2.91. The molecule has 7 nitrogen and oxygen atoms in total. The number of hydrogen-bond donors (Lipinski definition) is 2. The number of rotatable bonds is 10. The van der Waals surface area contributed by atoms with E-state index in [1.165, 1.54) is 12.3 Å². The van der Waals surface area contributed by atoms with Crippen molar-refractivity contribution < 1.29 is 23.0 Å². The number of methoxy groups -OCH3 is 1. The summed E-state index contributed by atoms with van der Waals surface area (Å²) in [5.41, 5.74) is 0.571. The van der Waals surface area contributed by atoms with Gasteiger partial charge in [0.05, 0.1) is 31.3 Å². The number of nitrogens with one attached hydrogen (secondary N) is 1. The van der Waals surface area contributed by atoms with Crippen LogP contribution in [0.15, 0.2) is 17.2 Å². The van der Waals surface area contributed by atoms with E-state index in [1.54, 1.807) is 11.7 Å². The molecule has 21 heavy (non-hydrogen) atoms. The van der Waals surface area contributed by atoms with Crippen molar-refractivity contribution in [3.05, 3.63) is 18.0 Å². The zero-order valence-corrected chi connectivity index (χ0v) is 13.5. The zero-order valence-electron chi connectivity index (χ0n) is 12.7. The largest absolute Gasteiger partial charge is 0.390 e. The summed E-state index contributed by atoms with van der Waals surface area (Å²) in [4.78, 5) is 0.150. The van der Waals surface area contributed by atoms with Gasteiger partial charge in [-0.25, -0.2) is 13.1 Å². The maximum absolute atomic E-state index is 12.1. The normalized spacial score (nSPS) is 12.2. The first kappa shape index (κ1) is 18.1. The van der Waals surface area contributed by atoms with Crippen molar-refractivity contribution in [2.75, 3.05) is 33.5 Å². The van der Waals surface area contributed by atoms with Gasteiger partial charge in [0, 0.05) is 31.6 Å². The number of hydrogen-bond acceptors (Lipinski definition) is 5. The Kier molecular flexibility index (Phi) is 7.33. The average Bonchev–Trinajstić information content (AvgIpc) is 2.88. The molecule has 0 saturated carbocycles. The minimum atomic E-state index is -3.59. The lowest BCUT2D eigenvalue weighted by atomic mass is 10.3. The van der Waals surface area contributed by atoms with Crippen LogP contribution >= 0.6 is 0 Å². The summed E-state index contributed by atoms with van der Waals surface area (Å²) in [5, 5.41) is 9.28. The van der Waals surface area contributed by atoms with E-state index in [2.05, 4.69) is 4.72 Å². The lowest BCUT2D eigenvalue weighted by molar-refractivity contribution is 0.0736.